The second kappa shape index (κ2) is 12.0. The van der Waals surface area contributed by atoms with Crippen molar-refractivity contribution in [2.75, 3.05) is 18.1 Å². The molecule has 0 aromatic carbocycles. The van der Waals surface area contributed by atoms with E-state index in [4.69, 9.17) is 4.98 Å². The predicted octanol–water partition coefficient (Wildman–Crippen LogP) is 3.65. The van der Waals surface area contributed by atoms with Crippen LogP contribution < -0.4 is 15.5 Å². The molecule has 1 aliphatic rings. The second-order valence-electron chi connectivity index (χ2n) is 10.3. The molecule has 5 rings (SSSR count). The highest BCUT2D eigenvalue weighted by molar-refractivity contribution is 7.08. The van der Waals surface area contributed by atoms with Gasteiger partial charge in [-0.1, -0.05) is 19.9 Å². The molecule has 1 saturated heterocycles. The zero-order valence-corrected chi connectivity index (χ0v) is 23.3. The maximum Gasteiger partial charge on any atom is 0.270 e. The Morgan fingerprint density at radius 2 is 2.02 bits per heavy atom. The molecule has 0 spiro atoms. The standard InChI is InChI=1S/C29H32N6O4S/c1-18(2)13-21(16-36)32-29(39)26-25(20-9-12-40-17-20)33-27-22(5-3-11-35(26)27)28(38)31-15-19-7-8-23(30-14-19)34-10-4-6-24(34)37/h3,5,7-9,11-12,14,17-18,21,36H,4,6,10,13,15-16H2,1-2H3,(H,31,38)(H,32,39). The summed E-state index contributed by atoms with van der Waals surface area (Å²) in [5.74, 6) is 0.270. The van der Waals surface area contributed by atoms with E-state index in [9.17, 15) is 19.5 Å². The second-order valence-corrected chi connectivity index (χ2v) is 11.1. The first-order valence-corrected chi connectivity index (χ1v) is 14.3. The summed E-state index contributed by atoms with van der Waals surface area (Å²) in [7, 11) is 0. The lowest BCUT2D eigenvalue weighted by molar-refractivity contribution is -0.117. The van der Waals surface area contributed by atoms with Gasteiger partial charge in [0.1, 0.15) is 17.2 Å². The fourth-order valence-electron chi connectivity index (χ4n) is 4.91. The van der Waals surface area contributed by atoms with Crippen LogP contribution in [0.5, 0.6) is 0 Å². The van der Waals surface area contributed by atoms with E-state index in [-0.39, 0.29) is 30.9 Å². The Bertz CT molecular complexity index is 1510. The van der Waals surface area contributed by atoms with Crippen molar-refractivity contribution in [2.24, 2.45) is 5.92 Å². The molecule has 11 heteroatoms. The smallest absolute Gasteiger partial charge is 0.270 e. The van der Waals surface area contributed by atoms with Gasteiger partial charge in [0.2, 0.25) is 5.91 Å². The Morgan fingerprint density at radius 1 is 1.18 bits per heavy atom. The topological polar surface area (TPSA) is 129 Å². The predicted molar refractivity (Wildman–Crippen MR) is 153 cm³/mol. The number of imidazole rings is 1. The van der Waals surface area contributed by atoms with E-state index in [0.717, 1.165) is 17.5 Å². The van der Waals surface area contributed by atoms with Crippen molar-refractivity contribution in [1.82, 2.24) is 25.0 Å². The van der Waals surface area contributed by atoms with Crippen LogP contribution in [0.25, 0.3) is 16.9 Å². The van der Waals surface area contributed by atoms with Gasteiger partial charge in [-0.25, -0.2) is 9.97 Å². The number of hydrogen-bond acceptors (Lipinski definition) is 7. The molecule has 208 valence electrons. The molecular weight excluding hydrogens is 528 g/mol. The van der Waals surface area contributed by atoms with Crippen LogP contribution in [0, 0.1) is 5.92 Å². The third kappa shape index (κ3) is 5.75. The Kier molecular flexibility index (Phi) is 8.22. The van der Waals surface area contributed by atoms with E-state index >= 15 is 0 Å². The SMILES string of the molecule is CC(C)CC(CO)NC(=O)c1c(-c2ccsc2)nc2c(C(=O)NCc3ccc(N4CCCC4=O)nc3)cccn12. The monoisotopic (exact) mass is 560 g/mol. The first-order chi connectivity index (χ1) is 19.4. The van der Waals surface area contributed by atoms with Gasteiger partial charge in [0.15, 0.2) is 5.65 Å². The summed E-state index contributed by atoms with van der Waals surface area (Å²) < 4.78 is 1.63. The Hall–Kier alpha value is -4.09. The molecule has 10 nitrogen and oxygen atoms in total. The number of nitrogens with zero attached hydrogens (tertiary/aromatic N) is 4. The molecule has 1 aliphatic heterocycles. The number of aliphatic hydroxyl groups is 1. The number of fused-ring (bicyclic) bond motifs is 1. The summed E-state index contributed by atoms with van der Waals surface area (Å²) in [6.45, 7) is 4.79. The van der Waals surface area contributed by atoms with Crippen molar-refractivity contribution in [3.05, 3.63) is 70.3 Å². The summed E-state index contributed by atoms with van der Waals surface area (Å²) in [6.07, 6.45) is 5.36. The third-order valence-corrected chi connectivity index (χ3v) is 7.51. The number of anilines is 1. The van der Waals surface area contributed by atoms with Crippen molar-refractivity contribution in [1.29, 1.82) is 0 Å². The number of thiophene rings is 1. The van der Waals surface area contributed by atoms with Crippen molar-refractivity contribution in [3.63, 3.8) is 0 Å². The summed E-state index contributed by atoms with van der Waals surface area (Å²) in [6, 6.07) is 8.49. The average Bonchev–Trinajstić information content (AvgIpc) is 3.70. The van der Waals surface area contributed by atoms with Crippen LogP contribution in [0.2, 0.25) is 0 Å². The molecule has 40 heavy (non-hydrogen) atoms. The van der Waals surface area contributed by atoms with Crippen molar-refractivity contribution in [2.45, 2.75) is 45.7 Å². The highest BCUT2D eigenvalue weighted by Crippen LogP contribution is 2.28. The molecule has 4 aromatic heterocycles. The Balaban J connectivity index is 1.39. The van der Waals surface area contributed by atoms with Gasteiger partial charge in [-0.15, -0.1) is 0 Å². The van der Waals surface area contributed by atoms with Gasteiger partial charge in [-0.2, -0.15) is 11.3 Å². The largest absolute Gasteiger partial charge is 0.394 e. The molecule has 0 aliphatic carbocycles. The van der Waals surface area contributed by atoms with Gasteiger partial charge in [0.25, 0.3) is 11.8 Å². The lowest BCUT2D eigenvalue weighted by atomic mass is 10.0. The van der Waals surface area contributed by atoms with Crippen LogP contribution in [0.3, 0.4) is 0 Å². The van der Waals surface area contributed by atoms with E-state index in [0.29, 0.717) is 53.7 Å². The van der Waals surface area contributed by atoms with Gasteiger partial charge in [0.05, 0.1) is 18.2 Å². The fraction of sp³-hybridized carbons (Fsp3) is 0.345. The van der Waals surface area contributed by atoms with Crippen LogP contribution >= 0.6 is 11.3 Å². The van der Waals surface area contributed by atoms with E-state index in [2.05, 4.69) is 15.6 Å². The number of nitrogens with one attached hydrogen (secondary N) is 2. The van der Waals surface area contributed by atoms with Crippen LogP contribution in [0.15, 0.2) is 53.5 Å². The van der Waals surface area contributed by atoms with E-state index in [1.54, 1.807) is 39.9 Å². The number of amides is 3. The van der Waals surface area contributed by atoms with Gasteiger partial charge in [0, 0.05) is 42.8 Å². The molecule has 1 fully saturated rings. The minimum atomic E-state index is -0.400. The minimum absolute atomic E-state index is 0.0722. The Morgan fingerprint density at radius 3 is 2.67 bits per heavy atom. The van der Waals surface area contributed by atoms with Gasteiger partial charge >= 0.3 is 0 Å². The minimum Gasteiger partial charge on any atom is -0.394 e. The molecular formula is C29H32N6O4S. The quantitative estimate of drug-likeness (QED) is 0.272. The first-order valence-electron chi connectivity index (χ1n) is 13.3. The first kappa shape index (κ1) is 27.5. The summed E-state index contributed by atoms with van der Waals surface area (Å²) in [5.41, 5.74) is 3.02. The van der Waals surface area contributed by atoms with Crippen LogP contribution in [0.4, 0.5) is 5.82 Å². The Labute approximate surface area is 236 Å². The zero-order chi connectivity index (χ0) is 28.2. The molecule has 1 atom stereocenters. The number of hydrogen-bond donors (Lipinski definition) is 3. The van der Waals surface area contributed by atoms with E-state index in [1.807, 2.05) is 36.7 Å². The zero-order valence-electron chi connectivity index (χ0n) is 22.5. The third-order valence-electron chi connectivity index (χ3n) is 6.83. The maximum atomic E-state index is 13.5. The van der Waals surface area contributed by atoms with Gasteiger partial charge < -0.3 is 15.7 Å². The summed E-state index contributed by atoms with van der Waals surface area (Å²) in [5, 5.41) is 19.5. The lowest BCUT2D eigenvalue weighted by Gasteiger charge is -2.18. The highest BCUT2D eigenvalue weighted by Gasteiger charge is 2.26. The van der Waals surface area contributed by atoms with E-state index < -0.39 is 6.04 Å². The number of aliphatic hydroxyl groups excluding tert-OH is 1. The van der Waals surface area contributed by atoms with Crippen molar-refractivity contribution in [3.8, 4) is 11.3 Å². The van der Waals surface area contributed by atoms with E-state index in [1.165, 1.54) is 11.3 Å². The van der Waals surface area contributed by atoms with Crippen LogP contribution in [-0.4, -0.2) is 56.4 Å². The van der Waals surface area contributed by atoms with Crippen LogP contribution in [-0.2, 0) is 11.3 Å². The molecule has 3 N–H and O–H groups in total. The van der Waals surface area contributed by atoms with Crippen LogP contribution in [0.1, 0.15) is 59.5 Å². The molecule has 5 heterocycles. The average molecular weight is 561 g/mol. The van der Waals surface area contributed by atoms with Crippen molar-refractivity contribution < 1.29 is 19.5 Å². The lowest BCUT2D eigenvalue weighted by Crippen LogP contribution is -2.39. The number of pyridine rings is 2. The van der Waals surface area contributed by atoms with Crippen molar-refractivity contribution >= 4 is 40.5 Å². The number of aromatic nitrogens is 3. The molecule has 4 aromatic rings. The van der Waals surface area contributed by atoms with Gasteiger partial charge in [-0.3, -0.25) is 23.7 Å². The molecule has 0 saturated carbocycles. The number of carbonyl (C=O) groups excluding carboxylic acids is 3. The normalized spacial score (nSPS) is 14.2. The molecule has 0 radical (unpaired) electrons. The fourth-order valence-corrected chi connectivity index (χ4v) is 5.55. The number of carbonyl (C=O) groups is 3. The summed E-state index contributed by atoms with van der Waals surface area (Å²) >= 11 is 1.49. The summed E-state index contributed by atoms with van der Waals surface area (Å²) in [4.78, 5) is 49.6. The molecule has 1 unspecified atom stereocenters. The number of rotatable bonds is 10. The van der Waals surface area contributed by atoms with Gasteiger partial charge in [-0.05, 0) is 54.0 Å². The maximum absolute atomic E-state index is 13.5. The highest BCUT2D eigenvalue weighted by atomic mass is 32.1. The molecule has 3 amide bonds. The molecule has 0 bridgehead atoms.